The van der Waals surface area contributed by atoms with E-state index in [2.05, 4.69) is 44.7 Å². The summed E-state index contributed by atoms with van der Waals surface area (Å²) in [6.45, 7) is 0. The second kappa shape index (κ2) is 5.06. The molecule has 0 N–H and O–H groups in total. The molecule has 1 fully saturated rings. The van der Waals surface area contributed by atoms with Crippen molar-refractivity contribution in [2.75, 3.05) is 0 Å². The molecule has 1 aromatic carbocycles. The van der Waals surface area contributed by atoms with Gasteiger partial charge in [0.25, 0.3) is 0 Å². The molecule has 0 radical (unpaired) electrons. The Morgan fingerprint density at radius 1 is 1.31 bits per heavy atom. The van der Waals surface area contributed by atoms with Crippen molar-refractivity contribution in [3.05, 3.63) is 46.3 Å². The Kier molecular flexibility index (Phi) is 3.71. The standard InChI is InChI=1S/C12H14IN3/c13-11-8-4-5-9-12(11,15-16-14)10-6-2-1-3-7-10/h1-3,6-7,11H,4-5,8-9H2/t11-,12+/m1/s1. The van der Waals surface area contributed by atoms with Crippen LogP contribution in [0.4, 0.5) is 0 Å². The van der Waals surface area contributed by atoms with Gasteiger partial charge in [-0.3, -0.25) is 0 Å². The molecule has 1 aliphatic rings. The van der Waals surface area contributed by atoms with E-state index in [1.54, 1.807) is 0 Å². The third-order valence-corrected chi connectivity index (χ3v) is 4.93. The van der Waals surface area contributed by atoms with E-state index in [9.17, 15) is 0 Å². The van der Waals surface area contributed by atoms with Crippen LogP contribution in [-0.2, 0) is 5.54 Å². The molecule has 4 heteroatoms. The van der Waals surface area contributed by atoms with E-state index in [4.69, 9.17) is 5.53 Å². The molecule has 0 amide bonds. The minimum absolute atomic E-state index is 0.325. The van der Waals surface area contributed by atoms with Crippen LogP contribution in [0.2, 0.25) is 0 Å². The van der Waals surface area contributed by atoms with Gasteiger partial charge < -0.3 is 0 Å². The van der Waals surface area contributed by atoms with Gasteiger partial charge in [0.2, 0.25) is 0 Å². The van der Waals surface area contributed by atoms with Crippen molar-refractivity contribution < 1.29 is 0 Å². The topological polar surface area (TPSA) is 48.8 Å². The molecule has 2 rings (SSSR count). The Labute approximate surface area is 109 Å². The second-order valence-electron chi connectivity index (χ2n) is 4.19. The lowest BCUT2D eigenvalue weighted by atomic mass is 9.77. The number of azide groups is 1. The molecule has 1 aliphatic carbocycles. The third kappa shape index (κ3) is 2.04. The summed E-state index contributed by atoms with van der Waals surface area (Å²) in [5.74, 6) is 0. The molecular weight excluding hydrogens is 313 g/mol. The molecule has 0 heterocycles. The molecular formula is C12H14IN3. The maximum atomic E-state index is 8.82. The van der Waals surface area contributed by atoms with Crippen molar-refractivity contribution in [2.24, 2.45) is 5.11 Å². The molecule has 16 heavy (non-hydrogen) atoms. The average molecular weight is 327 g/mol. The van der Waals surface area contributed by atoms with Crippen LogP contribution in [0.1, 0.15) is 31.2 Å². The Hall–Kier alpha value is -0.740. The minimum Gasteiger partial charge on any atom is -0.0815 e. The Morgan fingerprint density at radius 2 is 2.06 bits per heavy atom. The summed E-state index contributed by atoms with van der Waals surface area (Å²) in [6, 6.07) is 10.2. The van der Waals surface area contributed by atoms with Gasteiger partial charge >= 0.3 is 0 Å². The van der Waals surface area contributed by atoms with Gasteiger partial charge in [-0.15, -0.1) is 0 Å². The zero-order valence-electron chi connectivity index (χ0n) is 9.01. The molecule has 2 atom stereocenters. The number of nitrogens with zero attached hydrogens (tertiary/aromatic N) is 3. The van der Waals surface area contributed by atoms with E-state index in [0.717, 1.165) is 24.8 Å². The molecule has 1 aromatic rings. The summed E-state index contributed by atoms with van der Waals surface area (Å²) >= 11 is 2.43. The predicted molar refractivity (Wildman–Crippen MR) is 73.5 cm³/mol. The van der Waals surface area contributed by atoms with Gasteiger partial charge in [0, 0.05) is 8.84 Å². The molecule has 0 aromatic heterocycles. The summed E-state index contributed by atoms with van der Waals surface area (Å²) in [4.78, 5) is 3.08. The average Bonchev–Trinajstić information content (AvgIpc) is 2.34. The highest BCUT2D eigenvalue weighted by Gasteiger charge is 2.40. The van der Waals surface area contributed by atoms with Crippen LogP contribution in [0.25, 0.3) is 10.4 Å². The van der Waals surface area contributed by atoms with Gasteiger partial charge in [-0.1, -0.05) is 70.9 Å². The van der Waals surface area contributed by atoms with Crippen LogP contribution in [0.3, 0.4) is 0 Å². The summed E-state index contributed by atoms with van der Waals surface area (Å²) in [5.41, 5.74) is 9.65. The Morgan fingerprint density at radius 3 is 2.69 bits per heavy atom. The fourth-order valence-corrected chi connectivity index (χ4v) is 3.65. The van der Waals surface area contributed by atoms with E-state index in [1.807, 2.05) is 18.2 Å². The van der Waals surface area contributed by atoms with Crippen LogP contribution in [0, 0.1) is 0 Å². The lowest BCUT2D eigenvalue weighted by Gasteiger charge is -2.38. The number of hydrogen-bond acceptors (Lipinski definition) is 1. The zero-order valence-corrected chi connectivity index (χ0v) is 11.2. The van der Waals surface area contributed by atoms with E-state index in [0.29, 0.717) is 3.92 Å². The van der Waals surface area contributed by atoms with Crippen molar-refractivity contribution in [1.82, 2.24) is 0 Å². The summed E-state index contributed by atoms with van der Waals surface area (Å²) < 4.78 is 0.400. The molecule has 0 spiro atoms. The van der Waals surface area contributed by atoms with Crippen molar-refractivity contribution in [3.8, 4) is 0 Å². The van der Waals surface area contributed by atoms with Crippen LogP contribution >= 0.6 is 22.6 Å². The first-order valence-corrected chi connectivity index (χ1v) is 6.80. The van der Waals surface area contributed by atoms with E-state index < -0.39 is 0 Å². The second-order valence-corrected chi connectivity index (χ2v) is 5.70. The Bertz CT molecular complexity index is 400. The molecule has 84 valence electrons. The summed E-state index contributed by atoms with van der Waals surface area (Å²) in [5, 5.41) is 4.14. The number of hydrogen-bond donors (Lipinski definition) is 0. The smallest absolute Gasteiger partial charge is 0.0815 e. The van der Waals surface area contributed by atoms with Crippen LogP contribution in [-0.4, -0.2) is 3.92 Å². The molecule has 0 saturated heterocycles. The Balaban J connectivity index is 2.46. The van der Waals surface area contributed by atoms with Gasteiger partial charge in [-0.05, 0) is 23.9 Å². The minimum atomic E-state index is -0.325. The van der Waals surface area contributed by atoms with E-state index >= 15 is 0 Å². The van der Waals surface area contributed by atoms with Crippen molar-refractivity contribution in [2.45, 2.75) is 35.1 Å². The maximum absolute atomic E-state index is 8.82. The van der Waals surface area contributed by atoms with Crippen LogP contribution in [0.5, 0.6) is 0 Å². The summed E-state index contributed by atoms with van der Waals surface area (Å²) in [7, 11) is 0. The van der Waals surface area contributed by atoms with Crippen molar-refractivity contribution >= 4 is 22.6 Å². The highest BCUT2D eigenvalue weighted by Crippen LogP contribution is 2.44. The number of benzene rings is 1. The number of rotatable bonds is 2. The molecule has 0 unspecified atom stereocenters. The molecule has 1 saturated carbocycles. The monoisotopic (exact) mass is 327 g/mol. The van der Waals surface area contributed by atoms with Crippen LogP contribution < -0.4 is 0 Å². The van der Waals surface area contributed by atoms with Gasteiger partial charge in [-0.2, -0.15) is 0 Å². The van der Waals surface area contributed by atoms with Crippen molar-refractivity contribution in [1.29, 1.82) is 0 Å². The first-order chi connectivity index (χ1) is 7.79. The van der Waals surface area contributed by atoms with Gasteiger partial charge in [0.15, 0.2) is 0 Å². The van der Waals surface area contributed by atoms with Crippen molar-refractivity contribution in [3.63, 3.8) is 0 Å². The van der Waals surface area contributed by atoms with Gasteiger partial charge in [-0.25, -0.2) is 0 Å². The third-order valence-electron chi connectivity index (χ3n) is 3.28. The van der Waals surface area contributed by atoms with Gasteiger partial charge in [0.05, 0.1) is 5.54 Å². The normalized spacial score (nSPS) is 29.4. The summed E-state index contributed by atoms with van der Waals surface area (Å²) in [6.07, 6.45) is 4.49. The first-order valence-electron chi connectivity index (χ1n) is 5.55. The molecule has 3 nitrogen and oxygen atoms in total. The highest BCUT2D eigenvalue weighted by atomic mass is 127. The lowest BCUT2D eigenvalue weighted by molar-refractivity contribution is 0.324. The SMILES string of the molecule is [N-]=[N+]=N[C@]1(c2ccccc2)CCCC[C@H]1I. The fraction of sp³-hybridized carbons (Fsp3) is 0.500. The predicted octanol–water partition coefficient (Wildman–Crippen LogP) is 4.57. The zero-order chi connectivity index (χ0) is 11.4. The number of halogens is 1. The highest BCUT2D eigenvalue weighted by molar-refractivity contribution is 14.1. The van der Waals surface area contributed by atoms with Gasteiger partial charge in [0.1, 0.15) is 0 Å². The van der Waals surface area contributed by atoms with E-state index in [-0.39, 0.29) is 5.54 Å². The largest absolute Gasteiger partial charge is 0.0855 e. The lowest BCUT2D eigenvalue weighted by Crippen LogP contribution is -2.36. The number of alkyl halides is 1. The van der Waals surface area contributed by atoms with E-state index in [1.165, 1.54) is 6.42 Å². The maximum Gasteiger partial charge on any atom is 0.0855 e. The quantitative estimate of drug-likeness (QED) is 0.251. The fourth-order valence-electron chi connectivity index (χ4n) is 2.42. The first kappa shape index (κ1) is 11.7. The molecule has 0 bridgehead atoms. The molecule has 0 aliphatic heterocycles. The van der Waals surface area contributed by atoms with Crippen LogP contribution in [0.15, 0.2) is 35.4 Å².